The molecule has 4 aromatic rings. The van der Waals surface area contributed by atoms with Crippen LogP contribution in [0, 0.1) is 0 Å². The quantitative estimate of drug-likeness (QED) is 0.124. The van der Waals surface area contributed by atoms with Crippen LogP contribution in [0.15, 0.2) is 83.0 Å². The summed E-state index contributed by atoms with van der Waals surface area (Å²) >= 11 is 3.27. The number of benzene rings is 2. The van der Waals surface area contributed by atoms with E-state index < -0.39 is 12.1 Å². The van der Waals surface area contributed by atoms with Crippen LogP contribution >= 0.6 is 15.9 Å². The van der Waals surface area contributed by atoms with Gasteiger partial charge in [-0.25, -0.2) is 0 Å². The molecule has 358 valence electrons. The molecule has 6 atom stereocenters. The van der Waals surface area contributed by atoms with Gasteiger partial charge in [0, 0.05) is 77.6 Å². The van der Waals surface area contributed by atoms with Gasteiger partial charge in [0.05, 0.1) is 31.8 Å². The molecule has 1 N–H and O–H groups in total. The first-order valence-corrected chi connectivity index (χ1v) is 25.0. The Morgan fingerprint density at radius 3 is 1.69 bits per heavy atom. The van der Waals surface area contributed by atoms with Crippen LogP contribution in [-0.2, 0) is 38.6 Å². The Balaban J connectivity index is 0.000000200. The molecule has 6 aliphatic heterocycles. The van der Waals surface area contributed by atoms with E-state index in [-0.39, 0.29) is 78.8 Å². The van der Waals surface area contributed by atoms with Crippen molar-refractivity contribution in [3.63, 3.8) is 0 Å². The Morgan fingerprint density at radius 2 is 1.18 bits per heavy atom. The number of nitrogens with zero attached hydrogens (tertiary/aromatic N) is 5. The number of ether oxygens (including phenoxy) is 2. The molecule has 68 heavy (non-hydrogen) atoms. The summed E-state index contributed by atoms with van der Waals surface area (Å²) in [6.45, 7) is 18.7. The molecule has 0 unspecified atom stereocenters. The minimum absolute atomic E-state index is 0. The summed E-state index contributed by atoms with van der Waals surface area (Å²) in [6, 6.07) is 10.2. The smallest absolute Gasteiger partial charge is 1.00 e. The fourth-order valence-electron chi connectivity index (χ4n) is 11.1. The summed E-state index contributed by atoms with van der Waals surface area (Å²) in [4.78, 5) is 64.9. The number of piperazine rings is 2. The Bertz CT molecular complexity index is 2740. The zero-order valence-electron chi connectivity index (χ0n) is 42.9. The zero-order valence-corrected chi connectivity index (χ0v) is 45.5. The SMILES string of the molecule is CC(C)=CCBr.COc1ccc2c3c([nH]c2c1)[C@H](C=C(C)C)N1C(=O)[C@@H]2CCCN2C(=O)[C@@H]1C3.COc1ccc2c3c(n(CC=C(C)C)c2c1)[C@H](C=C(C)C)N1C(=O)[C@@H]2CCCN2C(=O)[C@@H]1C3.[H-].[Na+]. The van der Waals surface area contributed by atoms with Crippen LogP contribution in [-0.4, -0.2) is 110 Å². The van der Waals surface area contributed by atoms with Crippen molar-refractivity contribution in [2.45, 2.75) is 137 Å². The Hall–Kier alpha value is -4.56. The van der Waals surface area contributed by atoms with Crippen LogP contribution in [0.1, 0.15) is 117 Å². The number of rotatable bonds is 7. The first-order chi connectivity index (χ1) is 32.1. The molecule has 12 nitrogen and oxygen atoms in total. The van der Waals surface area contributed by atoms with Gasteiger partial charge in [0.2, 0.25) is 23.6 Å². The van der Waals surface area contributed by atoms with Gasteiger partial charge in [0.15, 0.2) is 0 Å². The molecule has 2 aromatic carbocycles. The fourth-order valence-corrected chi connectivity index (χ4v) is 11.7. The normalized spacial score (nSPS) is 23.0. The maximum absolute atomic E-state index is 13.7. The van der Waals surface area contributed by atoms with Crippen molar-refractivity contribution in [1.82, 2.24) is 29.2 Å². The van der Waals surface area contributed by atoms with Crippen LogP contribution in [0.2, 0.25) is 0 Å². The van der Waals surface area contributed by atoms with Crippen molar-refractivity contribution in [3.8, 4) is 11.5 Å². The van der Waals surface area contributed by atoms with E-state index in [0.717, 1.165) is 92.4 Å². The number of carbonyl (C=O) groups is 4. The molecule has 6 aliphatic rings. The number of amides is 4. The molecule has 8 heterocycles. The van der Waals surface area contributed by atoms with Gasteiger partial charge < -0.3 is 40.1 Å². The number of alkyl halides is 1. The molecule has 2 aromatic heterocycles. The van der Waals surface area contributed by atoms with Gasteiger partial charge in [-0.3, -0.25) is 19.2 Å². The van der Waals surface area contributed by atoms with Crippen molar-refractivity contribution in [2.75, 3.05) is 32.6 Å². The van der Waals surface area contributed by atoms with E-state index in [9.17, 15) is 19.2 Å². The number of halogens is 1. The van der Waals surface area contributed by atoms with Gasteiger partial charge in [-0.15, -0.1) is 0 Å². The van der Waals surface area contributed by atoms with Crippen molar-refractivity contribution < 1.29 is 59.6 Å². The first-order valence-electron chi connectivity index (χ1n) is 23.8. The number of methoxy groups -OCH3 is 2. The largest absolute Gasteiger partial charge is 1.00 e. The maximum Gasteiger partial charge on any atom is 1.00 e. The number of allylic oxidation sites excluding steroid dienone is 6. The van der Waals surface area contributed by atoms with E-state index in [0.29, 0.717) is 32.5 Å². The monoisotopic (exact) mass is 998 g/mol. The standard InChI is InChI=1S/C27H33N3O3.C22H25N3O3.C5H9Br.Na.H/c1-16(2)10-12-28-22-14-18(33-5)8-9-19(22)20-15-24-26(31)29-11-6-7-21(29)27(32)30(24)23(25(20)28)13-17(3)4;1-12(2)9-18-20-15(14-7-6-13(28-3)10-16(14)23-20)11-19-21(26)24-8-4-5-17(24)22(27)25(18)19;1-5(2)3-4-6;;/h8-10,13-14,21,23-24H,6-7,11-12,15H2,1-5H3;6-7,9-10,17-19,23H,4-5,8,11H2,1-3H3;3H,4H2,1-2H3;;/q;;;+1;-1/t21-,23-,24-;17-,18-,19-;;;/m00.../s1. The number of hydrogen-bond donors (Lipinski definition) is 1. The van der Waals surface area contributed by atoms with Crippen molar-refractivity contribution in [1.29, 1.82) is 0 Å². The third-order valence-corrected chi connectivity index (χ3v) is 14.4. The van der Waals surface area contributed by atoms with E-state index in [2.05, 4.69) is 103 Å². The number of fused-ring (bicyclic) bond motifs is 10. The molecule has 0 saturated carbocycles. The van der Waals surface area contributed by atoms with Crippen LogP contribution in [0.5, 0.6) is 11.5 Å². The molecular formula is C54H68BrN6NaO6. The first kappa shape index (κ1) is 51.3. The van der Waals surface area contributed by atoms with E-state index in [4.69, 9.17) is 9.47 Å². The average molecular weight is 1000 g/mol. The third kappa shape index (κ3) is 9.53. The molecule has 0 spiro atoms. The summed E-state index contributed by atoms with van der Waals surface area (Å²) in [5.74, 6) is 1.99. The predicted molar refractivity (Wildman–Crippen MR) is 270 cm³/mol. The number of aromatic amines is 1. The molecule has 0 radical (unpaired) electrons. The number of aromatic nitrogens is 2. The van der Waals surface area contributed by atoms with Crippen LogP contribution < -0.4 is 39.0 Å². The fraction of sp³-hybridized carbons (Fsp3) is 0.481. The molecule has 4 saturated heterocycles. The summed E-state index contributed by atoms with van der Waals surface area (Å²) in [6.07, 6.45) is 13.1. The Kier molecular flexibility index (Phi) is 16.0. The summed E-state index contributed by atoms with van der Waals surface area (Å²) in [5.41, 5.74) is 11.4. The maximum atomic E-state index is 13.7. The van der Waals surface area contributed by atoms with Crippen LogP contribution in [0.4, 0.5) is 0 Å². The number of H-pyrrole nitrogens is 1. The average Bonchev–Trinajstić information content (AvgIpc) is 4.11. The van der Waals surface area contributed by atoms with Crippen molar-refractivity contribution in [2.24, 2.45) is 0 Å². The predicted octanol–water partition coefficient (Wildman–Crippen LogP) is 6.79. The molecule has 4 amide bonds. The minimum atomic E-state index is -0.440. The van der Waals surface area contributed by atoms with Gasteiger partial charge in [0.25, 0.3) is 0 Å². The van der Waals surface area contributed by atoms with Crippen LogP contribution in [0.25, 0.3) is 21.8 Å². The Labute approximate surface area is 433 Å². The van der Waals surface area contributed by atoms with E-state index >= 15 is 0 Å². The molecule has 0 bridgehead atoms. The molecule has 10 rings (SSSR count). The molecule has 0 aliphatic carbocycles. The topological polar surface area (TPSA) is 120 Å². The summed E-state index contributed by atoms with van der Waals surface area (Å²) < 4.78 is 13.2. The van der Waals surface area contributed by atoms with E-state index in [1.807, 2.05) is 57.7 Å². The number of nitrogens with one attached hydrogen (secondary N) is 1. The number of carbonyl (C=O) groups excluding carboxylic acids is 4. The second-order valence-corrected chi connectivity index (χ2v) is 20.3. The van der Waals surface area contributed by atoms with Gasteiger partial charge in [0.1, 0.15) is 35.7 Å². The van der Waals surface area contributed by atoms with Gasteiger partial charge in [-0.2, -0.15) is 0 Å². The molecule has 14 heteroatoms. The second kappa shape index (κ2) is 21.2. The summed E-state index contributed by atoms with van der Waals surface area (Å²) in [5, 5.41) is 3.23. The van der Waals surface area contributed by atoms with Crippen molar-refractivity contribution in [3.05, 3.63) is 106 Å². The number of hydrogen-bond acceptors (Lipinski definition) is 6. The van der Waals surface area contributed by atoms with Gasteiger partial charge in [-0.1, -0.05) is 62.5 Å². The van der Waals surface area contributed by atoms with Gasteiger partial charge in [-0.05, 0) is 116 Å². The second-order valence-electron chi connectivity index (χ2n) is 19.7. The minimum Gasteiger partial charge on any atom is -1.00 e. The zero-order chi connectivity index (χ0) is 48.0. The van der Waals surface area contributed by atoms with Crippen molar-refractivity contribution >= 4 is 61.4 Å². The van der Waals surface area contributed by atoms with E-state index in [1.165, 1.54) is 16.7 Å². The molecule has 4 fully saturated rings. The van der Waals surface area contributed by atoms with Crippen LogP contribution in [0.3, 0.4) is 0 Å². The van der Waals surface area contributed by atoms with E-state index in [1.54, 1.807) is 14.2 Å². The Morgan fingerprint density at radius 1 is 0.662 bits per heavy atom. The van der Waals surface area contributed by atoms with Gasteiger partial charge >= 0.3 is 29.6 Å². The molecular weight excluding hydrogens is 932 g/mol. The summed E-state index contributed by atoms with van der Waals surface area (Å²) in [7, 11) is 3.34. The third-order valence-electron chi connectivity index (χ3n) is 14.1.